The summed E-state index contributed by atoms with van der Waals surface area (Å²) in [6, 6.07) is 0.674. The summed E-state index contributed by atoms with van der Waals surface area (Å²) in [4.78, 5) is 13.2. The Kier molecular flexibility index (Phi) is 4.43. The first kappa shape index (κ1) is 12.9. The summed E-state index contributed by atoms with van der Waals surface area (Å²) < 4.78 is 0. The van der Waals surface area contributed by atoms with Crippen LogP contribution in [-0.2, 0) is 4.79 Å². The Morgan fingerprint density at radius 1 is 1.24 bits per heavy atom. The summed E-state index contributed by atoms with van der Waals surface area (Å²) in [5.41, 5.74) is 0. The lowest BCUT2D eigenvalue weighted by Gasteiger charge is -2.42. The summed E-state index contributed by atoms with van der Waals surface area (Å²) in [6.45, 7) is 3.85. The average molecular weight is 239 g/mol. The second-order valence-electron chi connectivity index (χ2n) is 5.81. The summed E-state index contributed by atoms with van der Waals surface area (Å²) in [6.07, 6.45) is 9.34. The normalized spacial score (nSPS) is 31.8. The van der Waals surface area contributed by atoms with Gasteiger partial charge in [0.1, 0.15) is 0 Å². The van der Waals surface area contributed by atoms with E-state index in [2.05, 4.69) is 11.8 Å². The Morgan fingerprint density at radius 3 is 2.65 bits per heavy atom. The number of nitrogens with zero attached hydrogens (tertiary/aromatic N) is 1. The minimum Gasteiger partial charge on any atom is -0.481 e. The minimum absolute atomic E-state index is 0.0929. The number of aliphatic carboxylic acids is 1. The quantitative estimate of drug-likeness (QED) is 0.767. The maximum Gasteiger partial charge on any atom is 0.309 e. The van der Waals surface area contributed by atoms with Gasteiger partial charge in [-0.05, 0) is 25.2 Å². The molecule has 0 aromatic heterocycles. The number of carbonyl (C=O) groups is 1. The van der Waals surface area contributed by atoms with E-state index in [0.717, 1.165) is 19.0 Å². The first-order valence-electron chi connectivity index (χ1n) is 7.17. The van der Waals surface area contributed by atoms with Gasteiger partial charge in [-0.25, -0.2) is 0 Å². The van der Waals surface area contributed by atoms with Gasteiger partial charge >= 0.3 is 5.97 Å². The van der Waals surface area contributed by atoms with Crippen molar-refractivity contribution in [2.24, 2.45) is 11.8 Å². The molecule has 2 fully saturated rings. The van der Waals surface area contributed by atoms with Gasteiger partial charge in [-0.15, -0.1) is 0 Å². The van der Waals surface area contributed by atoms with E-state index in [1.807, 2.05) is 0 Å². The third-order valence-electron chi connectivity index (χ3n) is 4.53. The summed E-state index contributed by atoms with van der Waals surface area (Å²) in [7, 11) is 0. The first-order chi connectivity index (χ1) is 8.20. The number of rotatable bonds is 4. The standard InChI is InChI=1S/C14H25NO2/c1-2-4-11-5-3-6-13(8-7-11)15-9-12(10-15)14(16)17/h11-13H,2-10H2,1H3,(H,16,17). The highest BCUT2D eigenvalue weighted by atomic mass is 16.4. The second kappa shape index (κ2) is 5.85. The molecule has 98 valence electrons. The predicted octanol–water partition coefficient (Wildman–Crippen LogP) is 2.75. The molecule has 1 saturated heterocycles. The van der Waals surface area contributed by atoms with Crippen molar-refractivity contribution in [3.63, 3.8) is 0 Å². The largest absolute Gasteiger partial charge is 0.481 e. The highest BCUT2D eigenvalue weighted by Gasteiger charge is 2.37. The fourth-order valence-electron chi connectivity index (χ4n) is 3.39. The lowest BCUT2D eigenvalue weighted by atomic mass is 9.93. The Balaban J connectivity index is 1.74. The van der Waals surface area contributed by atoms with Gasteiger partial charge in [0.2, 0.25) is 0 Å². The monoisotopic (exact) mass is 239 g/mol. The van der Waals surface area contributed by atoms with Gasteiger partial charge in [0.25, 0.3) is 0 Å². The van der Waals surface area contributed by atoms with Crippen LogP contribution in [0.15, 0.2) is 0 Å². The van der Waals surface area contributed by atoms with Crippen LogP contribution in [0.1, 0.15) is 51.9 Å². The van der Waals surface area contributed by atoms with Crippen molar-refractivity contribution in [1.82, 2.24) is 4.90 Å². The van der Waals surface area contributed by atoms with Gasteiger partial charge in [0.05, 0.1) is 5.92 Å². The SMILES string of the molecule is CCCC1CCCC(N2CC(C(=O)O)C2)CC1. The fraction of sp³-hybridized carbons (Fsp3) is 0.929. The van der Waals surface area contributed by atoms with E-state index in [1.165, 1.54) is 44.9 Å². The van der Waals surface area contributed by atoms with Crippen molar-refractivity contribution < 1.29 is 9.90 Å². The molecular formula is C14H25NO2. The Morgan fingerprint density at radius 2 is 2.00 bits per heavy atom. The smallest absolute Gasteiger partial charge is 0.309 e. The van der Waals surface area contributed by atoms with Crippen molar-refractivity contribution in [2.75, 3.05) is 13.1 Å². The third kappa shape index (κ3) is 3.21. The molecule has 0 aromatic carbocycles. The Bertz CT molecular complexity index is 261. The van der Waals surface area contributed by atoms with Gasteiger partial charge in [0.15, 0.2) is 0 Å². The van der Waals surface area contributed by atoms with Gasteiger partial charge in [-0.3, -0.25) is 9.69 Å². The Hall–Kier alpha value is -0.570. The van der Waals surface area contributed by atoms with Gasteiger partial charge in [-0.1, -0.05) is 32.6 Å². The van der Waals surface area contributed by atoms with E-state index in [0.29, 0.717) is 6.04 Å². The van der Waals surface area contributed by atoms with Crippen molar-refractivity contribution in [1.29, 1.82) is 0 Å². The molecule has 0 bridgehead atoms. The highest BCUT2D eigenvalue weighted by molar-refractivity contribution is 5.71. The van der Waals surface area contributed by atoms with E-state index in [-0.39, 0.29) is 5.92 Å². The molecule has 1 saturated carbocycles. The van der Waals surface area contributed by atoms with Crippen LogP contribution in [0.2, 0.25) is 0 Å². The van der Waals surface area contributed by atoms with Crippen LogP contribution < -0.4 is 0 Å². The maximum atomic E-state index is 10.8. The van der Waals surface area contributed by atoms with E-state index in [9.17, 15) is 4.79 Å². The summed E-state index contributed by atoms with van der Waals surface area (Å²) in [5.74, 6) is 0.227. The van der Waals surface area contributed by atoms with E-state index >= 15 is 0 Å². The van der Waals surface area contributed by atoms with Crippen molar-refractivity contribution in [2.45, 2.75) is 57.9 Å². The summed E-state index contributed by atoms with van der Waals surface area (Å²) >= 11 is 0. The van der Waals surface area contributed by atoms with Gasteiger partial charge in [0, 0.05) is 19.1 Å². The fourth-order valence-corrected chi connectivity index (χ4v) is 3.39. The molecule has 2 aliphatic rings. The van der Waals surface area contributed by atoms with E-state index in [1.54, 1.807) is 0 Å². The summed E-state index contributed by atoms with van der Waals surface area (Å²) in [5, 5.41) is 8.89. The lowest BCUT2D eigenvalue weighted by Crippen LogP contribution is -2.54. The number of carboxylic acids is 1. The predicted molar refractivity (Wildman–Crippen MR) is 68.0 cm³/mol. The molecule has 0 amide bonds. The zero-order valence-corrected chi connectivity index (χ0v) is 10.9. The molecule has 3 heteroatoms. The van der Waals surface area contributed by atoms with Crippen molar-refractivity contribution >= 4 is 5.97 Å². The molecule has 0 radical (unpaired) electrons. The zero-order chi connectivity index (χ0) is 12.3. The van der Waals surface area contributed by atoms with Crippen molar-refractivity contribution in [3.05, 3.63) is 0 Å². The first-order valence-corrected chi connectivity index (χ1v) is 7.17. The number of hydrogen-bond acceptors (Lipinski definition) is 2. The molecule has 1 aliphatic heterocycles. The molecule has 0 spiro atoms. The molecule has 3 nitrogen and oxygen atoms in total. The average Bonchev–Trinajstić information content (AvgIpc) is 2.42. The molecule has 2 rings (SSSR count). The number of hydrogen-bond donors (Lipinski definition) is 1. The molecular weight excluding hydrogens is 214 g/mol. The van der Waals surface area contributed by atoms with Gasteiger partial charge in [-0.2, -0.15) is 0 Å². The Labute approximate surface area is 104 Å². The van der Waals surface area contributed by atoms with Crippen LogP contribution in [-0.4, -0.2) is 35.1 Å². The van der Waals surface area contributed by atoms with Crippen LogP contribution in [0, 0.1) is 11.8 Å². The van der Waals surface area contributed by atoms with E-state index in [4.69, 9.17) is 5.11 Å². The number of carboxylic acid groups (broad SMARTS) is 1. The van der Waals surface area contributed by atoms with E-state index < -0.39 is 5.97 Å². The minimum atomic E-state index is -0.612. The van der Waals surface area contributed by atoms with Gasteiger partial charge < -0.3 is 5.11 Å². The third-order valence-corrected chi connectivity index (χ3v) is 4.53. The zero-order valence-electron chi connectivity index (χ0n) is 10.9. The van der Waals surface area contributed by atoms with Crippen LogP contribution in [0.4, 0.5) is 0 Å². The topological polar surface area (TPSA) is 40.5 Å². The highest BCUT2D eigenvalue weighted by Crippen LogP contribution is 2.32. The van der Waals surface area contributed by atoms with Crippen LogP contribution in [0.5, 0.6) is 0 Å². The lowest BCUT2D eigenvalue weighted by molar-refractivity contribution is -0.148. The second-order valence-corrected chi connectivity index (χ2v) is 5.81. The molecule has 17 heavy (non-hydrogen) atoms. The molecule has 1 aliphatic carbocycles. The molecule has 1 N–H and O–H groups in total. The van der Waals surface area contributed by atoms with Crippen LogP contribution in [0.25, 0.3) is 0 Å². The van der Waals surface area contributed by atoms with Crippen molar-refractivity contribution in [3.8, 4) is 0 Å². The molecule has 2 atom stereocenters. The molecule has 1 heterocycles. The van der Waals surface area contributed by atoms with Crippen LogP contribution in [0.3, 0.4) is 0 Å². The molecule has 0 aromatic rings. The molecule has 2 unspecified atom stereocenters. The number of likely N-dealkylation sites (tertiary alicyclic amines) is 1. The maximum absolute atomic E-state index is 10.8. The van der Waals surface area contributed by atoms with Crippen LogP contribution >= 0.6 is 0 Å².